The van der Waals surface area contributed by atoms with E-state index >= 15 is 0 Å². The molecule has 1 aromatic heterocycles. The van der Waals surface area contributed by atoms with Crippen LogP contribution in [-0.2, 0) is 14.3 Å². The predicted molar refractivity (Wildman–Crippen MR) is 107 cm³/mol. The van der Waals surface area contributed by atoms with Crippen LogP contribution in [-0.4, -0.2) is 43.0 Å². The molecule has 0 saturated carbocycles. The Morgan fingerprint density at radius 1 is 1.54 bits per heavy atom. The molecule has 0 aromatic carbocycles. The molecular weight excluding hydrogens is 352 g/mol. The van der Waals surface area contributed by atoms with Crippen molar-refractivity contribution < 1.29 is 19.4 Å². The second-order valence-electron chi connectivity index (χ2n) is 5.39. The SMILES string of the molecule is CC(/C=C/c1cccs1)=C\C=N.CCCC(=O)OC1CCNC1.O=CO. The third-order valence-corrected chi connectivity index (χ3v) is 4.00. The van der Waals surface area contributed by atoms with Crippen molar-refractivity contribution >= 4 is 36.1 Å². The number of hydrogen-bond acceptors (Lipinski definition) is 6. The van der Waals surface area contributed by atoms with E-state index in [0.717, 1.165) is 31.5 Å². The van der Waals surface area contributed by atoms with Crippen molar-refractivity contribution in [1.82, 2.24) is 5.32 Å². The molecule has 0 spiro atoms. The van der Waals surface area contributed by atoms with E-state index in [-0.39, 0.29) is 18.5 Å². The average molecular weight is 381 g/mol. The number of thiophene rings is 1. The molecule has 1 fully saturated rings. The van der Waals surface area contributed by atoms with Gasteiger partial charge in [-0.2, -0.15) is 0 Å². The minimum Gasteiger partial charge on any atom is -0.483 e. The number of carbonyl (C=O) groups is 2. The van der Waals surface area contributed by atoms with Crippen molar-refractivity contribution in [3.63, 3.8) is 0 Å². The van der Waals surface area contributed by atoms with Gasteiger partial charge >= 0.3 is 5.97 Å². The quantitative estimate of drug-likeness (QED) is 0.302. The molecule has 1 aliphatic heterocycles. The van der Waals surface area contributed by atoms with Crippen LogP contribution >= 0.6 is 11.3 Å². The summed E-state index contributed by atoms with van der Waals surface area (Å²) in [4.78, 5) is 20.6. The summed E-state index contributed by atoms with van der Waals surface area (Å²) in [5, 5.41) is 18.9. The molecule has 0 radical (unpaired) electrons. The van der Waals surface area contributed by atoms with E-state index < -0.39 is 0 Å². The molecule has 1 atom stereocenters. The van der Waals surface area contributed by atoms with Gasteiger partial charge in [0, 0.05) is 24.1 Å². The Morgan fingerprint density at radius 2 is 2.27 bits per heavy atom. The maximum atomic E-state index is 10.9. The smallest absolute Gasteiger partial charge is 0.306 e. The maximum absolute atomic E-state index is 10.9. The lowest BCUT2D eigenvalue weighted by molar-refractivity contribution is -0.148. The van der Waals surface area contributed by atoms with Gasteiger partial charge in [-0.05, 0) is 55.5 Å². The normalized spacial score (nSPS) is 16.1. The molecule has 144 valence electrons. The zero-order valence-corrected chi connectivity index (χ0v) is 16.1. The molecule has 2 rings (SSSR count). The third kappa shape index (κ3) is 13.1. The molecule has 2 heterocycles. The van der Waals surface area contributed by atoms with Gasteiger partial charge in [-0.3, -0.25) is 9.59 Å². The van der Waals surface area contributed by atoms with E-state index in [1.165, 1.54) is 11.1 Å². The van der Waals surface area contributed by atoms with Gasteiger partial charge in [0.15, 0.2) is 0 Å². The van der Waals surface area contributed by atoms with Crippen LogP contribution in [0.2, 0.25) is 0 Å². The highest BCUT2D eigenvalue weighted by Crippen LogP contribution is 2.11. The van der Waals surface area contributed by atoms with Crippen molar-refractivity contribution in [3.8, 4) is 0 Å². The topological polar surface area (TPSA) is 99.5 Å². The Balaban J connectivity index is 0.000000419. The number of ether oxygens (including phenoxy) is 1. The van der Waals surface area contributed by atoms with Crippen LogP contribution in [0.1, 0.15) is 38.0 Å². The summed E-state index contributed by atoms with van der Waals surface area (Å²) in [5.41, 5.74) is 1.10. The molecular formula is C19H28N2O4S. The minimum atomic E-state index is -0.250. The number of nitrogens with one attached hydrogen (secondary N) is 2. The summed E-state index contributed by atoms with van der Waals surface area (Å²) in [6, 6.07) is 4.10. The maximum Gasteiger partial charge on any atom is 0.306 e. The molecule has 3 N–H and O–H groups in total. The van der Waals surface area contributed by atoms with E-state index in [0.29, 0.717) is 6.42 Å². The Bertz CT molecular complexity index is 562. The van der Waals surface area contributed by atoms with Crippen molar-refractivity contribution in [2.75, 3.05) is 13.1 Å². The molecule has 1 unspecified atom stereocenters. The van der Waals surface area contributed by atoms with Crippen LogP contribution in [0.4, 0.5) is 0 Å². The van der Waals surface area contributed by atoms with Crippen molar-refractivity contribution in [2.24, 2.45) is 0 Å². The Hall–Kier alpha value is -2.25. The monoisotopic (exact) mass is 380 g/mol. The van der Waals surface area contributed by atoms with Gasteiger partial charge in [0.2, 0.25) is 0 Å². The van der Waals surface area contributed by atoms with E-state index in [4.69, 9.17) is 20.0 Å². The summed E-state index contributed by atoms with van der Waals surface area (Å²) in [5.74, 6) is -0.0544. The Kier molecular flexibility index (Phi) is 14.8. The number of hydrogen-bond donors (Lipinski definition) is 3. The Morgan fingerprint density at radius 3 is 2.77 bits per heavy atom. The van der Waals surface area contributed by atoms with Gasteiger partial charge in [0.25, 0.3) is 6.47 Å². The minimum absolute atomic E-state index is 0.0544. The fraction of sp³-hybridized carbons (Fsp3) is 0.421. The highest BCUT2D eigenvalue weighted by Gasteiger charge is 2.17. The highest BCUT2D eigenvalue weighted by atomic mass is 32.1. The molecule has 26 heavy (non-hydrogen) atoms. The number of carbonyl (C=O) groups excluding carboxylic acids is 1. The highest BCUT2D eigenvalue weighted by molar-refractivity contribution is 7.10. The van der Waals surface area contributed by atoms with Crippen molar-refractivity contribution in [1.29, 1.82) is 5.41 Å². The van der Waals surface area contributed by atoms with E-state index in [2.05, 4.69) is 22.8 Å². The third-order valence-electron chi connectivity index (χ3n) is 3.17. The lowest BCUT2D eigenvalue weighted by Crippen LogP contribution is -2.20. The first-order valence-corrected chi connectivity index (χ1v) is 9.32. The average Bonchev–Trinajstić information content (AvgIpc) is 3.28. The predicted octanol–water partition coefficient (Wildman–Crippen LogP) is 3.75. The number of carboxylic acid groups (broad SMARTS) is 1. The van der Waals surface area contributed by atoms with Crippen LogP contribution in [0.25, 0.3) is 6.08 Å². The van der Waals surface area contributed by atoms with Gasteiger partial charge < -0.3 is 20.6 Å². The molecule has 0 amide bonds. The number of allylic oxidation sites excluding steroid dienone is 3. The summed E-state index contributed by atoms with van der Waals surface area (Å²) in [7, 11) is 0. The molecule has 1 saturated heterocycles. The van der Waals surface area contributed by atoms with E-state index in [1.54, 1.807) is 17.4 Å². The zero-order chi connectivity index (χ0) is 19.6. The van der Waals surface area contributed by atoms with Crippen LogP contribution in [0.3, 0.4) is 0 Å². The first-order valence-electron chi connectivity index (χ1n) is 8.44. The van der Waals surface area contributed by atoms with Crippen LogP contribution in [0, 0.1) is 5.41 Å². The first kappa shape index (κ1) is 23.8. The Labute approximate surface area is 159 Å². The molecule has 1 aromatic rings. The van der Waals surface area contributed by atoms with Crippen LogP contribution in [0.5, 0.6) is 0 Å². The summed E-state index contributed by atoms with van der Waals surface area (Å²) in [6.07, 6.45) is 9.66. The van der Waals surface area contributed by atoms with E-state index in [9.17, 15) is 4.79 Å². The second-order valence-corrected chi connectivity index (χ2v) is 6.37. The van der Waals surface area contributed by atoms with Gasteiger partial charge in [0.1, 0.15) is 6.10 Å². The van der Waals surface area contributed by atoms with Crippen molar-refractivity contribution in [3.05, 3.63) is 40.1 Å². The standard InChI is InChI=1S/C10H11NS.C8H15NO2.CH2O2/c1-9(6-7-11)4-5-10-3-2-8-12-10;1-2-3-8(10)11-7-4-5-9-6-7;2-1-3/h2-8,11H,1H3;7,9H,2-6H2,1H3;1H,(H,2,3)/b5-4+,9-6+,11-7?;;. The molecule has 0 aliphatic carbocycles. The lowest BCUT2D eigenvalue weighted by atomic mass is 10.2. The first-order chi connectivity index (χ1) is 12.6. The molecule has 6 nitrogen and oxygen atoms in total. The van der Waals surface area contributed by atoms with Gasteiger partial charge in [-0.25, -0.2) is 0 Å². The number of rotatable bonds is 6. The second kappa shape index (κ2) is 16.2. The summed E-state index contributed by atoms with van der Waals surface area (Å²) < 4.78 is 5.15. The van der Waals surface area contributed by atoms with Crippen LogP contribution < -0.4 is 5.32 Å². The zero-order valence-electron chi connectivity index (χ0n) is 15.3. The molecule has 0 bridgehead atoms. The fourth-order valence-electron chi connectivity index (χ4n) is 1.96. The van der Waals surface area contributed by atoms with Crippen LogP contribution in [0.15, 0.2) is 35.2 Å². The van der Waals surface area contributed by atoms with Gasteiger partial charge in [0.05, 0.1) is 0 Å². The van der Waals surface area contributed by atoms with E-state index in [1.807, 2.05) is 26.0 Å². The summed E-state index contributed by atoms with van der Waals surface area (Å²) in [6.45, 7) is 5.52. The fourth-order valence-corrected chi connectivity index (χ4v) is 2.58. The lowest BCUT2D eigenvalue weighted by Gasteiger charge is -2.09. The molecule has 1 aliphatic rings. The van der Waals surface area contributed by atoms with Gasteiger partial charge in [-0.15, -0.1) is 11.3 Å². The van der Waals surface area contributed by atoms with Gasteiger partial charge in [-0.1, -0.05) is 19.1 Å². The molecule has 7 heteroatoms. The van der Waals surface area contributed by atoms with Crippen molar-refractivity contribution in [2.45, 2.75) is 39.2 Å². The number of esters is 1. The largest absolute Gasteiger partial charge is 0.483 e. The summed E-state index contributed by atoms with van der Waals surface area (Å²) >= 11 is 1.71.